The Balaban J connectivity index is 2.02. The summed E-state index contributed by atoms with van der Waals surface area (Å²) in [6, 6.07) is 0.644. The Morgan fingerprint density at radius 2 is 2.27 bits per heavy atom. The van der Waals surface area contributed by atoms with E-state index < -0.39 is 0 Å². The fraction of sp³-hybridized carbons (Fsp3) is 1.00. The van der Waals surface area contributed by atoms with E-state index in [1.807, 2.05) is 0 Å². The first kappa shape index (κ1) is 11.4. The highest BCUT2D eigenvalue weighted by atomic mass is 16.5. The molecule has 2 saturated heterocycles. The average Bonchev–Trinajstić information content (AvgIpc) is 2.43. The van der Waals surface area contributed by atoms with E-state index in [1.54, 1.807) is 0 Å². The molecular weight excluding hydrogens is 188 g/mol. The summed E-state index contributed by atoms with van der Waals surface area (Å²) in [5.41, 5.74) is 0.388. The standard InChI is InChI=1S/C12H24N2O/c1-11(2)14-6-7-15-10-12(9-14)4-3-5-13-8-12/h11,13H,3-10H2,1-2H3. The van der Waals surface area contributed by atoms with Crippen LogP contribution in [0.3, 0.4) is 0 Å². The fourth-order valence-electron chi connectivity index (χ4n) is 2.76. The van der Waals surface area contributed by atoms with Crippen molar-refractivity contribution in [2.24, 2.45) is 5.41 Å². The normalized spacial score (nSPS) is 34.6. The molecule has 0 aromatic rings. The molecule has 0 aromatic carbocycles. The predicted molar refractivity (Wildman–Crippen MR) is 62.1 cm³/mol. The van der Waals surface area contributed by atoms with E-state index >= 15 is 0 Å². The molecular formula is C12H24N2O. The molecule has 0 radical (unpaired) electrons. The predicted octanol–water partition coefficient (Wildman–Crippen LogP) is 1.10. The van der Waals surface area contributed by atoms with Gasteiger partial charge in [-0.3, -0.25) is 4.90 Å². The van der Waals surface area contributed by atoms with Crippen molar-refractivity contribution in [2.75, 3.05) is 39.4 Å². The van der Waals surface area contributed by atoms with Crippen LogP contribution in [0.5, 0.6) is 0 Å². The molecule has 0 bridgehead atoms. The number of hydrogen-bond donors (Lipinski definition) is 1. The van der Waals surface area contributed by atoms with Crippen molar-refractivity contribution in [2.45, 2.75) is 32.7 Å². The summed E-state index contributed by atoms with van der Waals surface area (Å²) in [5.74, 6) is 0. The van der Waals surface area contributed by atoms with Gasteiger partial charge in [-0.25, -0.2) is 0 Å². The molecule has 0 saturated carbocycles. The van der Waals surface area contributed by atoms with Crippen molar-refractivity contribution < 1.29 is 4.74 Å². The minimum atomic E-state index is 0.388. The molecule has 2 aliphatic heterocycles. The topological polar surface area (TPSA) is 24.5 Å². The number of ether oxygens (including phenoxy) is 1. The van der Waals surface area contributed by atoms with Gasteiger partial charge in [-0.15, -0.1) is 0 Å². The van der Waals surface area contributed by atoms with Gasteiger partial charge in [-0.05, 0) is 33.2 Å². The van der Waals surface area contributed by atoms with Crippen molar-refractivity contribution >= 4 is 0 Å². The van der Waals surface area contributed by atoms with Crippen LogP contribution in [0.15, 0.2) is 0 Å². The van der Waals surface area contributed by atoms with Crippen LogP contribution in [0.4, 0.5) is 0 Å². The quantitative estimate of drug-likeness (QED) is 0.704. The summed E-state index contributed by atoms with van der Waals surface area (Å²) in [4.78, 5) is 2.57. The van der Waals surface area contributed by atoms with Gasteiger partial charge in [0.05, 0.1) is 13.2 Å². The third-order valence-corrected chi connectivity index (χ3v) is 3.76. The SMILES string of the molecule is CC(C)N1CCOCC2(CCCNC2)C1. The highest BCUT2D eigenvalue weighted by molar-refractivity contribution is 4.90. The summed E-state index contributed by atoms with van der Waals surface area (Å²) in [6.07, 6.45) is 2.62. The molecule has 1 N–H and O–H groups in total. The van der Waals surface area contributed by atoms with Crippen LogP contribution in [0.25, 0.3) is 0 Å². The lowest BCUT2D eigenvalue weighted by molar-refractivity contribution is 0.0474. The van der Waals surface area contributed by atoms with Crippen LogP contribution in [-0.4, -0.2) is 50.3 Å². The molecule has 3 heteroatoms. The molecule has 3 nitrogen and oxygen atoms in total. The van der Waals surface area contributed by atoms with Crippen molar-refractivity contribution in [1.82, 2.24) is 10.2 Å². The van der Waals surface area contributed by atoms with Crippen LogP contribution in [-0.2, 0) is 4.74 Å². The molecule has 0 amide bonds. The Hall–Kier alpha value is -0.120. The lowest BCUT2D eigenvalue weighted by atomic mass is 9.81. The number of nitrogens with zero attached hydrogens (tertiary/aromatic N) is 1. The largest absolute Gasteiger partial charge is 0.379 e. The third-order valence-electron chi connectivity index (χ3n) is 3.76. The third kappa shape index (κ3) is 2.71. The van der Waals surface area contributed by atoms with Crippen molar-refractivity contribution in [3.63, 3.8) is 0 Å². The van der Waals surface area contributed by atoms with Gasteiger partial charge in [0.2, 0.25) is 0 Å². The van der Waals surface area contributed by atoms with E-state index in [4.69, 9.17) is 4.74 Å². The Labute approximate surface area is 93.2 Å². The molecule has 2 aliphatic rings. The molecule has 1 unspecified atom stereocenters. The summed E-state index contributed by atoms with van der Waals surface area (Å²) < 4.78 is 5.79. The van der Waals surface area contributed by atoms with E-state index in [9.17, 15) is 0 Å². The van der Waals surface area contributed by atoms with Crippen LogP contribution < -0.4 is 5.32 Å². The van der Waals surface area contributed by atoms with Crippen LogP contribution in [0.1, 0.15) is 26.7 Å². The van der Waals surface area contributed by atoms with Gasteiger partial charge >= 0.3 is 0 Å². The lowest BCUT2D eigenvalue weighted by Crippen LogP contribution is -2.50. The van der Waals surface area contributed by atoms with Gasteiger partial charge in [-0.1, -0.05) is 0 Å². The molecule has 2 heterocycles. The Morgan fingerprint density at radius 3 is 2.93 bits per heavy atom. The zero-order valence-corrected chi connectivity index (χ0v) is 10.1. The Kier molecular flexibility index (Phi) is 3.65. The average molecular weight is 212 g/mol. The zero-order valence-electron chi connectivity index (χ0n) is 10.1. The van der Waals surface area contributed by atoms with Crippen molar-refractivity contribution in [3.05, 3.63) is 0 Å². The molecule has 1 atom stereocenters. The number of rotatable bonds is 1. The van der Waals surface area contributed by atoms with E-state index in [0.29, 0.717) is 11.5 Å². The lowest BCUT2D eigenvalue weighted by Gasteiger charge is -2.40. The second-order valence-electron chi connectivity index (χ2n) is 5.40. The maximum atomic E-state index is 5.79. The van der Waals surface area contributed by atoms with Gasteiger partial charge in [0, 0.05) is 31.1 Å². The molecule has 2 fully saturated rings. The maximum Gasteiger partial charge on any atom is 0.0593 e. The first-order valence-corrected chi connectivity index (χ1v) is 6.24. The number of hydrogen-bond acceptors (Lipinski definition) is 3. The second kappa shape index (κ2) is 4.81. The monoisotopic (exact) mass is 212 g/mol. The molecule has 1 spiro atoms. The minimum Gasteiger partial charge on any atom is -0.379 e. The fourth-order valence-corrected chi connectivity index (χ4v) is 2.76. The number of nitrogens with one attached hydrogen (secondary N) is 1. The van der Waals surface area contributed by atoms with Crippen molar-refractivity contribution in [3.8, 4) is 0 Å². The van der Waals surface area contributed by atoms with Gasteiger partial charge < -0.3 is 10.1 Å². The van der Waals surface area contributed by atoms with Crippen LogP contribution in [0.2, 0.25) is 0 Å². The highest BCUT2D eigenvalue weighted by Gasteiger charge is 2.36. The maximum absolute atomic E-state index is 5.79. The first-order chi connectivity index (χ1) is 7.22. The van der Waals surface area contributed by atoms with Crippen LogP contribution >= 0.6 is 0 Å². The number of piperidine rings is 1. The van der Waals surface area contributed by atoms with Gasteiger partial charge in [0.25, 0.3) is 0 Å². The van der Waals surface area contributed by atoms with E-state index in [0.717, 1.165) is 26.3 Å². The summed E-state index contributed by atoms with van der Waals surface area (Å²) in [6.45, 7) is 11.0. The summed E-state index contributed by atoms with van der Waals surface area (Å²) in [7, 11) is 0. The summed E-state index contributed by atoms with van der Waals surface area (Å²) in [5, 5.41) is 3.53. The van der Waals surface area contributed by atoms with Gasteiger partial charge in [-0.2, -0.15) is 0 Å². The highest BCUT2D eigenvalue weighted by Crippen LogP contribution is 2.30. The zero-order chi connectivity index (χ0) is 10.7. The van der Waals surface area contributed by atoms with E-state index in [1.165, 1.54) is 25.9 Å². The second-order valence-corrected chi connectivity index (χ2v) is 5.40. The molecule has 88 valence electrons. The van der Waals surface area contributed by atoms with Gasteiger partial charge in [0.1, 0.15) is 0 Å². The molecule has 0 aliphatic carbocycles. The Bertz CT molecular complexity index is 200. The molecule has 15 heavy (non-hydrogen) atoms. The van der Waals surface area contributed by atoms with Crippen molar-refractivity contribution in [1.29, 1.82) is 0 Å². The molecule has 0 aromatic heterocycles. The van der Waals surface area contributed by atoms with E-state index in [-0.39, 0.29) is 0 Å². The van der Waals surface area contributed by atoms with Crippen LogP contribution in [0, 0.1) is 5.41 Å². The Morgan fingerprint density at radius 1 is 1.40 bits per heavy atom. The first-order valence-electron chi connectivity index (χ1n) is 6.24. The van der Waals surface area contributed by atoms with E-state index in [2.05, 4.69) is 24.1 Å². The minimum absolute atomic E-state index is 0.388. The molecule has 2 rings (SSSR count). The smallest absolute Gasteiger partial charge is 0.0593 e. The van der Waals surface area contributed by atoms with Gasteiger partial charge in [0.15, 0.2) is 0 Å². The summed E-state index contributed by atoms with van der Waals surface area (Å²) >= 11 is 0.